The lowest BCUT2D eigenvalue weighted by molar-refractivity contribution is -0.144. The predicted octanol–water partition coefficient (Wildman–Crippen LogP) is 1.92. The molecule has 0 radical (unpaired) electrons. The predicted molar refractivity (Wildman–Crippen MR) is 138 cm³/mol. The quantitative estimate of drug-likeness (QED) is 0.521. The number of hydrogen-bond acceptors (Lipinski definition) is 5. The Balaban J connectivity index is 1.66. The highest BCUT2D eigenvalue weighted by molar-refractivity contribution is 5.93. The van der Waals surface area contributed by atoms with Crippen LogP contribution < -0.4 is 16.6 Å². The normalized spacial score (nSPS) is 16.5. The molecule has 0 saturated carbocycles. The molecular formula is C27H32N4O5. The third-order valence-electron chi connectivity index (χ3n) is 7.37. The van der Waals surface area contributed by atoms with Crippen molar-refractivity contribution in [3.8, 4) is 5.69 Å². The zero-order valence-corrected chi connectivity index (χ0v) is 20.9. The van der Waals surface area contributed by atoms with E-state index >= 15 is 0 Å². The van der Waals surface area contributed by atoms with E-state index in [0.29, 0.717) is 29.5 Å². The Labute approximate surface area is 209 Å². The molecule has 0 bridgehead atoms. The van der Waals surface area contributed by atoms with Crippen LogP contribution >= 0.6 is 0 Å². The minimum Gasteiger partial charge on any atom is -0.480 e. The van der Waals surface area contributed by atoms with Crippen LogP contribution in [0, 0.1) is 5.41 Å². The first kappa shape index (κ1) is 25.4. The van der Waals surface area contributed by atoms with Crippen LogP contribution in [0.1, 0.15) is 32.3 Å². The van der Waals surface area contributed by atoms with Crippen LogP contribution in [0.5, 0.6) is 0 Å². The highest BCUT2D eigenvalue weighted by Gasteiger charge is 2.38. The minimum absolute atomic E-state index is 0.0702. The van der Waals surface area contributed by atoms with Crippen molar-refractivity contribution < 1.29 is 14.7 Å². The number of piperidine rings is 1. The number of carbonyl (C=O) groups is 2. The van der Waals surface area contributed by atoms with Gasteiger partial charge in [-0.15, -0.1) is 0 Å². The Hall–Kier alpha value is -3.72. The number of benzene rings is 2. The van der Waals surface area contributed by atoms with Gasteiger partial charge in [0.15, 0.2) is 0 Å². The van der Waals surface area contributed by atoms with Gasteiger partial charge in [0.05, 0.1) is 5.69 Å². The largest absolute Gasteiger partial charge is 0.480 e. The van der Waals surface area contributed by atoms with E-state index < -0.39 is 28.7 Å². The SMILES string of the molecule is CCN1CCC(C)(C(=O)N[C@@H](Cc2cccc3c(-n4c(=O)ccn(C)c4=O)cccc23)C(=O)O)CC1. The lowest BCUT2D eigenvalue weighted by Gasteiger charge is -2.38. The van der Waals surface area contributed by atoms with Crippen LogP contribution in [0.15, 0.2) is 58.3 Å². The van der Waals surface area contributed by atoms with Crippen LogP contribution in [-0.4, -0.2) is 56.7 Å². The summed E-state index contributed by atoms with van der Waals surface area (Å²) in [6, 6.07) is 10.8. The maximum Gasteiger partial charge on any atom is 0.335 e. The second-order valence-corrected chi connectivity index (χ2v) is 9.74. The van der Waals surface area contributed by atoms with Crippen LogP contribution in [-0.2, 0) is 23.1 Å². The van der Waals surface area contributed by atoms with E-state index in [1.807, 2.05) is 19.1 Å². The van der Waals surface area contributed by atoms with Gasteiger partial charge in [0, 0.05) is 36.5 Å². The summed E-state index contributed by atoms with van der Waals surface area (Å²) in [6.45, 7) is 6.53. The van der Waals surface area contributed by atoms with Crippen molar-refractivity contribution in [1.29, 1.82) is 0 Å². The third kappa shape index (κ3) is 4.83. The summed E-state index contributed by atoms with van der Waals surface area (Å²) in [7, 11) is 1.57. The number of aromatic nitrogens is 2. The van der Waals surface area contributed by atoms with Gasteiger partial charge in [0.25, 0.3) is 5.56 Å². The van der Waals surface area contributed by atoms with Gasteiger partial charge in [0.1, 0.15) is 6.04 Å². The molecule has 1 aliphatic heterocycles. The number of likely N-dealkylation sites (tertiary alicyclic amines) is 1. The summed E-state index contributed by atoms with van der Waals surface area (Å²) in [6.07, 6.45) is 2.85. The Morgan fingerprint density at radius 2 is 1.72 bits per heavy atom. The monoisotopic (exact) mass is 492 g/mol. The maximum atomic E-state index is 13.2. The van der Waals surface area contributed by atoms with Gasteiger partial charge in [-0.1, -0.05) is 44.2 Å². The fourth-order valence-corrected chi connectivity index (χ4v) is 4.86. The standard InChI is InChI=1S/C27H32N4O5/c1-4-30-15-12-27(2,13-16-30)25(35)28-21(24(33)34)17-18-7-5-9-20-19(18)8-6-10-22(20)31-23(32)11-14-29(3)26(31)36/h5-11,14,21H,4,12-13,15-17H2,1-3H3,(H,28,35)(H,33,34)/t21-/m0/s1. The molecular weight excluding hydrogens is 460 g/mol. The van der Waals surface area contributed by atoms with Crippen molar-refractivity contribution in [3.05, 3.63) is 75.1 Å². The number of rotatable bonds is 7. The summed E-state index contributed by atoms with van der Waals surface area (Å²) < 4.78 is 2.43. The van der Waals surface area contributed by atoms with E-state index in [2.05, 4.69) is 17.1 Å². The molecule has 9 heteroatoms. The van der Waals surface area contributed by atoms with Crippen molar-refractivity contribution in [2.45, 2.75) is 39.2 Å². The first-order valence-electron chi connectivity index (χ1n) is 12.2. The van der Waals surface area contributed by atoms with E-state index in [-0.39, 0.29) is 12.3 Å². The molecule has 2 aromatic carbocycles. The zero-order valence-electron chi connectivity index (χ0n) is 20.9. The Bertz CT molecular complexity index is 1420. The highest BCUT2D eigenvalue weighted by atomic mass is 16.4. The van der Waals surface area contributed by atoms with Crippen LogP contribution in [0.3, 0.4) is 0 Å². The molecule has 4 rings (SSSR count). The molecule has 0 aliphatic carbocycles. The molecule has 190 valence electrons. The number of carbonyl (C=O) groups excluding carboxylic acids is 1. The maximum absolute atomic E-state index is 13.2. The number of carboxylic acids is 1. The molecule has 0 spiro atoms. The average molecular weight is 493 g/mol. The zero-order chi connectivity index (χ0) is 26.0. The Morgan fingerprint density at radius 1 is 1.06 bits per heavy atom. The van der Waals surface area contributed by atoms with Crippen LogP contribution in [0.2, 0.25) is 0 Å². The van der Waals surface area contributed by atoms with Crippen molar-refractivity contribution in [3.63, 3.8) is 0 Å². The minimum atomic E-state index is -1.11. The topological polar surface area (TPSA) is 114 Å². The van der Waals surface area contributed by atoms with E-state index in [0.717, 1.165) is 29.6 Å². The highest BCUT2D eigenvalue weighted by Crippen LogP contribution is 2.31. The third-order valence-corrected chi connectivity index (χ3v) is 7.37. The molecule has 2 heterocycles. The first-order chi connectivity index (χ1) is 17.1. The van der Waals surface area contributed by atoms with E-state index in [4.69, 9.17) is 0 Å². The number of nitrogens with zero attached hydrogens (tertiary/aromatic N) is 3. The lowest BCUT2D eigenvalue weighted by Crippen LogP contribution is -2.52. The molecule has 0 unspecified atom stereocenters. The summed E-state index contributed by atoms with van der Waals surface area (Å²) in [4.78, 5) is 52.9. The molecule has 36 heavy (non-hydrogen) atoms. The number of carboxylic acid groups (broad SMARTS) is 1. The fourth-order valence-electron chi connectivity index (χ4n) is 4.86. The molecule has 1 atom stereocenters. The van der Waals surface area contributed by atoms with E-state index in [1.165, 1.54) is 16.8 Å². The molecule has 9 nitrogen and oxygen atoms in total. The average Bonchev–Trinajstić information content (AvgIpc) is 2.86. The molecule has 1 amide bonds. The smallest absolute Gasteiger partial charge is 0.335 e. The van der Waals surface area contributed by atoms with Gasteiger partial charge in [-0.2, -0.15) is 0 Å². The molecule has 2 N–H and O–H groups in total. The van der Waals surface area contributed by atoms with Crippen molar-refractivity contribution in [1.82, 2.24) is 19.4 Å². The summed E-state index contributed by atoms with van der Waals surface area (Å²) >= 11 is 0. The van der Waals surface area contributed by atoms with Gasteiger partial charge in [-0.05, 0) is 49.5 Å². The van der Waals surface area contributed by atoms with Crippen molar-refractivity contribution >= 4 is 22.6 Å². The van der Waals surface area contributed by atoms with Gasteiger partial charge in [-0.3, -0.25) is 9.59 Å². The number of aryl methyl sites for hydroxylation is 1. The number of amides is 1. The first-order valence-corrected chi connectivity index (χ1v) is 12.2. The lowest BCUT2D eigenvalue weighted by atomic mass is 9.79. The van der Waals surface area contributed by atoms with Crippen molar-refractivity contribution in [2.24, 2.45) is 12.5 Å². The van der Waals surface area contributed by atoms with Crippen LogP contribution in [0.25, 0.3) is 16.5 Å². The summed E-state index contributed by atoms with van der Waals surface area (Å²) in [5, 5.41) is 14.1. The Morgan fingerprint density at radius 3 is 2.39 bits per heavy atom. The molecule has 3 aromatic rings. The second-order valence-electron chi connectivity index (χ2n) is 9.74. The number of fused-ring (bicyclic) bond motifs is 1. The second kappa shape index (κ2) is 10.1. The van der Waals surface area contributed by atoms with Gasteiger partial charge in [-0.25, -0.2) is 14.2 Å². The number of hydrogen-bond donors (Lipinski definition) is 2. The molecule has 1 aromatic heterocycles. The van der Waals surface area contributed by atoms with E-state index in [9.17, 15) is 24.3 Å². The van der Waals surface area contributed by atoms with Gasteiger partial charge >= 0.3 is 11.7 Å². The molecule has 1 fully saturated rings. The van der Waals surface area contributed by atoms with Crippen molar-refractivity contribution in [2.75, 3.05) is 19.6 Å². The van der Waals surface area contributed by atoms with E-state index in [1.54, 1.807) is 31.3 Å². The van der Waals surface area contributed by atoms with Gasteiger partial charge < -0.3 is 19.9 Å². The number of aliphatic carboxylic acids is 1. The Kier molecular flexibility index (Phi) is 7.12. The molecule has 1 saturated heterocycles. The van der Waals surface area contributed by atoms with Crippen LogP contribution in [0.4, 0.5) is 0 Å². The molecule has 1 aliphatic rings. The fraction of sp³-hybridized carbons (Fsp3) is 0.407. The van der Waals surface area contributed by atoms with Gasteiger partial charge in [0.2, 0.25) is 5.91 Å². The summed E-state index contributed by atoms with van der Waals surface area (Å²) in [5.41, 5.74) is -0.409. The summed E-state index contributed by atoms with van der Waals surface area (Å²) in [5.74, 6) is -1.36. The number of nitrogens with one attached hydrogen (secondary N) is 1.